The molecule has 0 aliphatic rings. The number of allylic oxidation sites excluding steroid dienone is 2. The Morgan fingerprint density at radius 1 is 0.646 bits per heavy atom. The number of H-pyrrole nitrogens is 1. The van der Waals surface area contributed by atoms with E-state index in [0.717, 1.165) is 32.1 Å². The second-order valence-electron chi connectivity index (χ2n) is 14.0. The number of carbonyl (C=O) groups excluding carboxylic acids is 2. The Balaban J connectivity index is 2.14. The molecule has 7 heteroatoms. The van der Waals surface area contributed by atoms with Gasteiger partial charge in [-0.3, -0.25) is 9.59 Å². The molecule has 0 aromatic carbocycles. The molecule has 7 nitrogen and oxygen atoms in total. The summed E-state index contributed by atoms with van der Waals surface area (Å²) in [4.78, 5) is 33.0. The van der Waals surface area contributed by atoms with Gasteiger partial charge in [0, 0.05) is 31.9 Å². The maximum Gasteiger partial charge on any atom is 0.242 e. The van der Waals surface area contributed by atoms with Crippen molar-refractivity contribution in [3.05, 3.63) is 24.5 Å². The molecule has 1 aromatic rings. The topological polar surface area (TPSA) is 98.9 Å². The van der Waals surface area contributed by atoms with Crippen molar-refractivity contribution >= 4 is 17.8 Å². The lowest BCUT2D eigenvalue weighted by molar-refractivity contribution is -0.129. The average Bonchev–Trinajstić information content (AvgIpc) is 3.61. The van der Waals surface area contributed by atoms with Gasteiger partial charge in [-0.1, -0.05) is 161 Å². The second-order valence-corrected chi connectivity index (χ2v) is 14.0. The van der Waals surface area contributed by atoms with E-state index >= 15 is 0 Å². The number of nitrogens with zero attached hydrogens (tertiary/aromatic N) is 1. The lowest BCUT2D eigenvalue weighted by atomic mass is 10.0. The largest absolute Gasteiger partial charge is 0.356 e. The number of aromatic nitrogens is 2. The fourth-order valence-electron chi connectivity index (χ4n) is 6.24. The number of imidazole rings is 1. The fourth-order valence-corrected chi connectivity index (χ4v) is 6.24. The number of carbonyl (C=O) groups is 2. The van der Waals surface area contributed by atoms with Gasteiger partial charge in [-0.2, -0.15) is 0 Å². The molecule has 0 aliphatic carbocycles. The van der Waals surface area contributed by atoms with Crippen molar-refractivity contribution in [3.63, 3.8) is 0 Å². The van der Waals surface area contributed by atoms with E-state index in [1.54, 1.807) is 12.4 Å². The quantitative estimate of drug-likeness (QED) is 0.0421. The Bertz CT molecular complexity index is 857. The molecule has 1 rings (SSSR count). The number of rotatable bonds is 36. The van der Waals surface area contributed by atoms with Crippen LogP contribution in [0.3, 0.4) is 0 Å². The molecule has 4 N–H and O–H groups in total. The Morgan fingerprint density at radius 3 is 1.62 bits per heavy atom. The number of amides is 2. The molecule has 0 fully saturated rings. The molecule has 2 amide bonds. The molecule has 0 bridgehead atoms. The van der Waals surface area contributed by atoms with Crippen LogP contribution < -0.4 is 16.0 Å². The van der Waals surface area contributed by atoms with Gasteiger partial charge in [-0.05, 0) is 44.9 Å². The molecule has 0 radical (unpaired) electrons. The highest BCUT2D eigenvalue weighted by atomic mass is 16.2. The molecule has 0 aliphatic heterocycles. The third-order valence-corrected chi connectivity index (χ3v) is 9.37. The molecule has 0 saturated heterocycles. The molecular weight excluding hydrogens is 594 g/mol. The molecule has 48 heavy (non-hydrogen) atoms. The maximum absolute atomic E-state index is 13.0. The number of anilines is 1. The summed E-state index contributed by atoms with van der Waals surface area (Å²) in [7, 11) is 0. The van der Waals surface area contributed by atoms with Crippen LogP contribution in [-0.4, -0.2) is 40.9 Å². The van der Waals surface area contributed by atoms with Crippen molar-refractivity contribution in [1.82, 2.24) is 20.6 Å². The zero-order valence-corrected chi connectivity index (χ0v) is 31.6. The highest BCUT2D eigenvalue weighted by Crippen LogP contribution is 2.13. The summed E-state index contributed by atoms with van der Waals surface area (Å²) in [5.41, 5.74) is 0. The first-order chi connectivity index (χ1) is 23.7. The van der Waals surface area contributed by atoms with Crippen LogP contribution >= 0.6 is 0 Å². The van der Waals surface area contributed by atoms with Gasteiger partial charge >= 0.3 is 0 Å². The van der Waals surface area contributed by atoms with Crippen molar-refractivity contribution in [1.29, 1.82) is 0 Å². The minimum atomic E-state index is -0.533. The van der Waals surface area contributed by atoms with E-state index in [0.29, 0.717) is 31.9 Å². The summed E-state index contributed by atoms with van der Waals surface area (Å²) in [5, 5.41) is 9.31. The number of unbranched alkanes of at least 4 members (excludes halogenated alkanes) is 24. The van der Waals surface area contributed by atoms with E-state index in [9.17, 15) is 9.59 Å². The van der Waals surface area contributed by atoms with Crippen LogP contribution in [0.2, 0.25) is 0 Å². The molecule has 1 heterocycles. The van der Waals surface area contributed by atoms with Crippen LogP contribution in [0.5, 0.6) is 0 Å². The molecule has 0 saturated carbocycles. The molecule has 1 atom stereocenters. The van der Waals surface area contributed by atoms with E-state index in [4.69, 9.17) is 0 Å². The Kier molecular flexibility index (Phi) is 31.5. The van der Waals surface area contributed by atoms with Gasteiger partial charge in [-0.25, -0.2) is 4.98 Å². The van der Waals surface area contributed by atoms with E-state index in [2.05, 4.69) is 51.9 Å². The van der Waals surface area contributed by atoms with Gasteiger partial charge in [-0.15, -0.1) is 0 Å². The average molecular weight is 672 g/mol. The van der Waals surface area contributed by atoms with Crippen molar-refractivity contribution in [2.24, 2.45) is 0 Å². The van der Waals surface area contributed by atoms with Crippen molar-refractivity contribution in [2.75, 3.05) is 18.4 Å². The smallest absolute Gasteiger partial charge is 0.242 e. The van der Waals surface area contributed by atoms with Crippen LogP contribution in [-0.2, 0) is 9.59 Å². The lowest BCUT2D eigenvalue weighted by Crippen LogP contribution is -2.47. The first kappa shape index (κ1) is 43.7. The number of nitrogens with one attached hydrogen (secondary N) is 4. The van der Waals surface area contributed by atoms with E-state index in [1.807, 2.05) is 0 Å². The Hall–Kier alpha value is -2.31. The fraction of sp³-hybridized carbons (Fsp3) is 0.829. The normalized spacial score (nSPS) is 12.0. The molecule has 1 aromatic heterocycles. The molecule has 0 spiro atoms. The van der Waals surface area contributed by atoms with Gasteiger partial charge in [0.2, 0.25) is 11.8 Å². The van der Waals surface area contributed by atoms with E-state index < -0.39 is 6.04 Å². The maximum atomic E-state index is 13.0. The number of aromatic amines is 1. The van der Waals surface area contributed by atoms with Crippen molar-refractivity contribution in [3.8, 4) is 0 Å². The Labute approximate surface area is 296 Å². The predicted octanol–water partition coefficient (Wildman–Crippen LogP) is 11.3. The van der Waals surface area contributed by atoms with Gasteiger partial charge in [0.15, 0.2) is 5.95 Å². The van der Waals surface area contributed by atoms with Gasteiger partial charge in [0.25, 0.3) is 0 Å². The lowest BCUT2D eigenvalue weighted by Gasteiger charge is -2.19. The zero-order chi connectivity index (χ0) is 34.6. The second kappa shape index (κ2) is 34.5. The summed E-state index contributed by atoms with van der Waals surface area (Å²) in [6.07, 6.45) is 43.7. The van der Waals surface area contributed by atoms with Gasteiger partial charge in [0.05, 0.1) is 0 Å². The first-order valence-corrected chi connectivity index (χ1v) is 20.6. The predicted molar refractivity (Wildman–Crippen MR) is 206 cm³/mol. The number of hydrogen-bond donors (Lipinski definition) is 4. The van der Waals surface area contributed by atoms with Gasteiger partial charge < -0.3 is 20.9 Å². The van der Waals surface area contributed by atoms with Crippen LogP contribution in [0.1, 0.15) is 200 Å². The molecular formula is C41H77N5O2. The van der Waals surface area contributed by atoms with Gasteiger partial charge in [0.1, 0.15) is 6.04 Å². The number of hydrogen-bond acceptors (Lipinski definition) is 4. The minimum absolute atomic E-state index is 0.0257. The third kappa shape index (κ3) is 28.7. The molecule has 0 unspecified atom stereocenters. The van der Waals surface area contributed by atoms with E-state index in [1.165, 1.54) is 141 Å². The Morgan fingerprint density at radius 2 is 1.12 bits per heavy atom. The van der Waals surface area contributed by atoms with Crippen LogP contribution in [0.4, 0.5) is 5.95 Å². The van der Waals surface area contributed by atoms with Crippen LogP contribution in [0.15, 0.2) is 24.5 Å². The van der Waals surface area contributed by atoms with E-state index in [-0.39, 0.29) is 11.8 Å². The van der Waals surface area contributed by atoms with Crippen molar-refractivity contribution < 1.29 is 9.59 Å². The van der Waals surface area contributed by atoms with Crippen LogP contribution in [0.25, 0.3) is 0 Å². The summed E-state index contributed by atoms with van der Waals surface area (Å²) < 4.78 is 0. The summed E-state index contributed by atoms with van der Waals surface area (Å²) >= 11 is 0. The highest BCUT2D eigenvalue weighted by Gasteiger charge is 2.20. The summed E-state index contributed by atoms with van der Waals surface area (Å²) in [6.45, 7) is 5.77. The highest BCUT2D eigenvalue weighted by molar-refractivity contribution is 5.87. The van der Waals surface area contributed by atoms with Crippen molar-refractivity contribution in [2.45, 2.75) is 206 Å². The van der Waals surface area contributed by atoms with Crippen LogP contribution in [0, 0.1) is 0 Å². The first-order valence-electron chi connectivity index (χ1n) is 20.6. The summed E-state index contributed by atoms with van der Waals surface area (Å²) in [5.74, 6) is 0.572. The SMILES string of the molecule is CCCCCCCC/C=C\CCCCCCCC(=O)N[C@@H](CCNc1ncc[nH]1)C(=O)NCCCCCCCCCCCCCCCC. The monoisotopic (exact) mass is 672 g/mol. The molecule has 278 valence electrons. The zero-order valence-electron chi connectivity index (χ0n) is 31.6. The summed E-state index contributed by atoms with van der Waals surface area (Å²) in [6, 6.07) is -0.533. The minimum Gasteiger partial charge on any atom is -0.356 e. The standard InChI is InChI=1S/C41H77N5O2/c1-3-5-7-9-11-13-15-17-19-20-22-24-26-28-30-32-39(47)46-38(33-35-43-41-44-36-37-45-41)40(48)42-34-31-29-27-25-23-21-18-16-14-12-10-8-6-4-2/h17,19,36-38H,3-16,18,20-35H2,1-2H3,(H,42,48)(H,46,47)(H2,43,44,45)/b19-17-/t38-/m0/s1. The third-order valence-electron chi connectivity index (χ3n) is 9.37.